The van der Waals surface area contributed by atoms with Crippen LogP contribution in [0.4, 0.5) is 0 Å². The van der Waals surface area contributed by atoms with Crippen LogP contribution in [0.5, 0.6) is 0 Å². The lowest BCUT2D eigenvalue weighted by Gasteiger charge is -2.15. The van der Waals surface area contributed by atoms with Gasteiger partial charge in [-0.2, -0.15) is 0 Å². The summed E-state index contributed by atoms with van der Waals surface area (Å²) in [4.78, 5) is 11.1. The third-order valence-corrected chi connectivity index (χ3v) is 1.62. The predicted molar refractivity (Wildman–Crippen MR) is 48.5 cm³/mol. The van der Waals surface area contributed by atoms with Crippen molar-refractivity contribution in [2.75, 3.05) is 13.2 Å². The standard InChI is InChI=1S/C7H10N2O2S/c1-2-11-6(10)5-3-8-7(12)9-4-5/h3H,2,4H2,1H3,(H2,8,9,12). The van der Waals surface area contributed by atoms with Crippen LogP contribution in [-0.2, 0) is 9.53 Å². The van der Waals surface area contributed by atoms with Gasteiger partial charge >= 0.3 is 5.97 Å². The van der Waals surface area contributed by atoms with E-state index in [0.717, 1.165) is 0 Å². The Kier molecular flexibility index (Phi) is 3.04. The van der Waals surface area contributed by atoms with Gasteiger partial charge in [-0.05, 0) is 19.1 Å². The minimum absolute atomic E-state index is 0.306. The summed E-state index contributed by atoms with van der Waals surface area (Å²) >= 11 is 4.79. The lowest BCUT2D eigenvalue weighted by molar-refractivity contribution is -0.138. The molecule has 0 saturated carbocycles. The molecule has 0 aromatic heterocycles. The lowest BCUT2D eigenvalue weighted by atomic mass is 10.2. The Morgan fingerprint density at radius 2 is 2.58 bits per heavy atom. The van der Waals surface area contributed by atoms with Crippen LogP contribution in [0.2, 0.25) is 0 Å². The Hall–Kier alpha value is -1.10. The van der Waals surface area contributed by atoms with Gasteiger partial charge in [0.05, 0.1) is 18.7 Å². The third-order valence-electron chi connectivity index (χ3n) is 1.35. The van der Waals surface area contributed by atoms with Crippen LogP contribution >= 0.6 is 12.2 Å². The number of esters is 1. The van der Waals surface area contributed by atoms with E-state index in [2.05, 4.69) is 10.6 Å². The fraction of sp³-hybridized carbons (Fsp3) is 0.429. The molecule has 0 aliphatic carbocycles. The number of rotatable bonds is 2. The van der Waals surface area contributed by atoms with Gasteiger partial charge < -0.3 is 15.4 Å². The highest BCUT2D eigenvalue weighted by Crippen LogP contribution is 1.98. The van der Waals surface area contributed by atoms with E-state index in [9.17, 15) is 4.79 Å². The van der Waals surface area contributed by atoms with E-state index in [-0.39, 0.29) is 5.97 Å². The molecular weight excluding hydrogens is 176 g/mol. The highest BCUT2D eigenvalue weighted by atomic mass is 32.1. The van der Waals surface area contributed by atoms with Gasteiger partial charge in [-0.25, -0.2) is 4.79 Å². The number of ether oxygens (including phenoxy) is 1. The Balaban J connectivity index is 2.52. The minimum Gasteiger partial charge on any atom is -0.463 e. The molecule has 1 heterocycles. The maximum absolute atomic E-state index is 11.1. The second kappa shape index (κ2) is 4.06. The van der Waals surface area contributed by atoms with Crippen LogP contribution in [0.15, 0.2) is 11.8 Å². The average Bonchev–Trinajstić information content (AvgIpc) is 2.06. The first-order valence-corrected chi connectivity index (χ1v) is 4.05. The van der Waals surface area contributed by atoms with Crippen molar-refractivity contribution in [3.63, 3.8) is 0 Å². The van der Waals surface area contributed by atoms with Gasteiger partial charge in [0.1, 0.15) is 0 Å². The summed E-state index contributed by atoms with van der Waals surface area (Å²) in [7, 11) is 0. The molecule has 1 aliphatic rings. The zero-order chi connectivity index (χ0) is 8.97. The second-order valence-electron chi connectivity index (χ2n) is 2.22. The van der Waals surface area contributed by atoms with Crippen molar-refractivity contribution in [3.8, 4) is 0 Å². The van der Waals surface area contributed by atoms with Crippen LogP contribution < -0.4 is 10.6 Å². The normalized spacial score (nSPS) is 15.8. The Bertz CT molecular complexity index is 238. The lowest BCUT2D eigenvalue weighted by Crippen LogP contribution is -2.40. The van der Waals surface area contributed by atoms with E-state index >= 15 is 0 Å². The van der Waals surface area contributed by atoms with E-state index in [0.29, 0.717) is 23.8 Å². The van der Waals surface area contributed by atoms with Crippen molar-refractivity contribution in [3.05, 3.63) is 11.8 Å². The van der Waals surface area contributed by atoms with Crippen LogP contribution in [-0.4, -0.2) is 24.2 Å². The van der Waals surface area contributed by atoms with E-state index in [4.69, 9.17) is 17.0 Å². The van der Waals surface area contributed by atoms with Crippen molar-refractivity contribution in [2.24, 2.45) is 0 Å². The molecule has 0 bridgehead atoms. The molecule has 1 aliphatic heterocycles. The zero-order valence-corrected chi connectivity index (χ0v) is 7.53. The molecule has 0 unspecified atom stereocenters. The summed E-state index contributed by atoms with van der Waals surface area (Å²) < 4.78 is 4.79. The zero-order valence-electron chi connectivity index (χ0n) is 6.72. The van der Waals surface area contributed by atoms with E-state index in [1.807, 2.05) is 0 Å². The fourth-order valence-electron chi connectivity index (χ4n) is 0.785. The summed E-state index contributed by atoms with van der Waals surface area (Å²) in [6.45, 7) is 2.60. The first-order chi connectivity index (χ1) is 5.74. The Labute approximate surface area is 76.0 Å². The van der Waals surface area contributed by atoms with Gasteiger partial charge in [0.25, 0.3) is 0 Å². The topological polar surface area (TPSA) is 50.4 Å². The summed E-state index contributed by atoms with van der Waals surface area (Å²) in [5, 5.41) is 6.08. The van der Waals surface area contributed by atoms with Crippen molar-refractivity contribution >= 4 is 23.3 Å². The first kappa shape index (κ1) is 8.99. The van der Waals surface area contributed by atoms with Crippen molar-refractivity contribution in [2.45, 2.75) is 6.92 Å². The Morgan fingerprint density at radius 3 is 3.08 bits per heavy atom. The van der Waals surface area contributed by atoms with Crippen molar-refractivity contribution in [1.82, 2.24) is 10.6 Å². The highest BCUT2D eigenvalue weighted by molar-refractivity contribution is 7.80. The maximum atomic E-state index is 11.1. The SMILES string of the molecule is CCOC(=O)C1=CNC(=S)NC1. The number of hydrogen-bond donors (Lipinski definition) is 2. The van der Waals surface area contributed by atoms with Gasteiger partial charge in [0.15, 0.2) is 5.11 Å². The fourth-order valence-corrected chi connectivity index (χ4v) is 0.916. The molecule has 5 heteroatoms. The molecule has 1 rings (SSSR count). The van der Waals surface area contributed by atoms with Crippen LogP contribution in [0.1, 0.15) is 6.92 Å². The monoisotopic (exact) mass is 186 g/mol. The molecule has 66 valence electrons. The molecule has 2 N–H and O–H groups in total. The van der Waals surface area contributed by atoms with Gasteiger partial charge in [-0.15, -0.1) is 0 Å². The molecule has 0 aromatic rings. The van der Waals surface area contributed by atoms with Gasteiger partial charge in [0, 0.05) is 6.20 Å². The molecule has 0 aromatic carbocycles. The molecule has 0 saturated heterocycles. The van der Waals surface area contributed by atoms with Gasteiger partial charge in [-0.3, -0.25) is 0 Å². The third kappa shape index (κ3) is 2.20. The summed E-state index contributed by atoms with van der Waals surface area (Å²) in [6, 6.07) is 0. The Morgan fingerprint density at radius 1 is 1.83 bits per heavy atom. The molecule has 0 fully saturated rings. The molecule has 0 atom stereocenters. The van der Waals surface area contributed by atoms with Gasteiger partial charge in [-0.1, -0.05) is 0 Å². The maximum Gasteiger partial charge on any atom is 0.337 e. The van der Waals surface area contributed by atoms with Gasteiger partial charge in [0.2, 0.25) is 0 Å². The quantitative estimate of drug-likeness (QED) is 0.466. The summed E-state index contributed by atoms with van der Waals surface area (Å²) in [5.41, 5.74) is 0.561. The second-order valence-corrected chi connectivity index (χ2v) is 2.63. The first-order valence-electron chi connectivity index (χ1n) is 3.64. The predicted octanol–water partition coefficient (Wildman–Crippen LogP) is -0.0889. The summed E-state index contributed by atoms with van der Waals surface area (Å²) in [6.07, 6.45) is 1.57. The van der Waals surface area contributed by atoms with E-state index in [1.54, 1.807) is 13.1 Å². The number of hydrogen-bond acceptors (Lipinski definition) is 3. The van der Waals surface area contributed by atoms with Crippen molar-refractivity contribution < 1.29 is 9.53 Å². The number of carbonyl (C=O) groups is 1. The van der Waals surface area contributed by atoms with Crippen molar-refractivity contribution in [1.29, 1.82) is 0 Å². The largest absolute Gasteiger partial charge is 0.463 e. The number of nitrogens with one attached hydrogen (secondary N) is 2. The smallest absolute Gasteiger partial charge is 0.337 e. The molecule has 4 nitrogen and oxygen atoms in total. The van der Waals surface area contributed by atoms with Crippen LogP contribution in [0, 0.1) is 0 Å². The molecule has 0 spiro atoms. The van der Waals surface area contributed by atoms with E-state index in [1.165, 1.54) is 0 Å². The summed E-state index contributed by atoms with van der Waals surface area (Å²) in [5.74, 6) is -0.306. The van der Waals surface area contributed by atoms with Crippen LogP contribution in [0.25, 0.3) is 0 Å². The number of carbonyl (C=O) groups excluding carboxylic acids is 1. The van der Waals surface area contributed by atoms with Crippen LogP contribution in [0.3, 0.4) is 0 Å². The molecule has 0 radical (unpaired) electrons. The number of thiocarbonyl (C=S) groups is 1. The molecular formula is C7H10N2O2S. The molecule has 0 amide bonds. The highest BCUT2D eigenvalue weighted by Gasteiger charge is 2.13. The van der Waals surface area contributed by atoms with E-state index < -0.39 is 0 Å². The minimum atomic E-state index is -0.306. The molecule has 12 heavy (non-hydrogen) atoms. The average molecular weight is 186 g/mol.